The van der Waals surface area contributed by atoms with Gasteiger partial charge < -0.3 is 10.1 Å². The van der Waals surface area contributed by atoms with Gasteiger partial charge in [0.1, 0.15) is 0 Å². The third-order valence-electron chi connectivity index (χ3n) is 5.41. The predicted octanol–water partition coefficient (Wildman–Crippen LogP) is 3.08. The highest BCUT2D eigenvalue weighted by Crippen LogP contribution is 2.36. The van der Waals surface area contributed by atoms with Crippen molar-refractivity contribution in [3.63, 3.8) is 0 Å². The SMILES string of the molecule is Cn1c(=O)c2c(nc(N=Nc3c(O)[nH]c4ccccc34)n2Cc2ccccc2)n(C)c1=O. The number of aryl methyl sites for hydroxylation is 1. The Morgan fingerprint density at radius 3 is 2.47 bits per heavy atom. The number of rotatable bonds is 4. The molecule has 5 aromatic rings. The second-order valence-corrected chi connectivity index (χ2v) is 7.43. The van der Waals surface area contributed by atoms with Crippen molar-refractivity contribution in [3.8, 4) is 5.88 Å². The Balaban J connectivity index is 1.74. The average molecular weight is 429 g/mol. The third kappa shape index (κ3) is 3.00. The minimum Gasteiger partial charge on any atom is -0.493 e. The molecule has 160 valence electrons. The zero-order valence-corrected chi connectivity index (χ0v) is 17.4. The van der Waals surface area contributed by atoms with E-state index in [2.05, 4.69) is 20.2 Å². The normalized spacial score (nSPS) is 11.8. The summed E-state index contributed by atoms with van der Waals surface area (Å²) in [6.07, 6.45) is 0. The van der Waals surface area contributed by atoms with Gasteiger partial charge in [-0.3, -0.25) is 18.5 Å². The number of aromatic amines is 1. The summed E-state index contributed by atoms with van der Waals surface area (Å²) in [6.45, 7) is 0.305. The molecule has 5 rings (SSSR count). The first-order valence-electron chi connectivity index (χ1n) is 9.87. The van der Waals surface area contributed by atoms with Crippen molar-refractivity contribution in [3.05, 3.63) is 81.0 Å². The Morgan fingerprint density at radius 1 is 0.969 bits per heavy atom. The van der Waals surface area contributed by atoms with E-state index in [0.29, 0.717) is 17.4 Å². The first-order chi connectivity index (χ1) is 15.5. The van der Waals surface area contributed by atoms with Crippen LogP contribution in [0.2, 0.25) is 0 Å². The molecule has 0 amide bonds. The van der Waals surface area contributed by atoms with Crippen molar-refractivity contribution in [2.45, 2.75) is 6.54 Å². The smallest absolute Gasteiger partial charge is 0.332 e. The first-order valence-corrected chi connectivity index (χ1v) is 9.87. The fourth-order valence-electron chi connectivity index (χ4n) is 3.74. The van der Waals surface area contributed by atoms with Crippen LogP contribution in [-0.4, -0.2) is 28.8 Å². The molecule has 3 aromatic heterocycles. The topological polar surface area (TPSA) is 123 Å². The zero-order valence-electron chi connectivity index (χ0n) is 17.4. The highest BCUT2D eigenvalue weighted by molar-refractivity contribution is 5.94. The number of fused-ring (bicyclic) bond motifs is 2. The maximum absolute atomic E-state index is 13.0. The summed E-state index contributed by atoms with van der Waals surface area (Å²) in [5, 5.41) is 19.5. The van der Waals surface area contributed by atoms with E-state index in [0.717, 1.165) is 10.1 Å². The van der Waals surface area contributed by atoms with Gasteiger partial charge in [0.2, 0.25) is 5.88 Å². The monoisotopic (exact) mass is 429 g/mol. The highest BCUT2D eigenvalue weighted by Gasteiger charge is 2.20. The van der Waals surface area contributed by atoms with Crippen LogP contribution < -0.4 is 11.2 Å². The molecule has 10 nitrogen and oxygen atoms in total. The van der Waals surface area contributed by atoms with Crippen molar-refractivity contribution in [2.75, 3.05) is 0 Å². The van der Waals surface area contributed by atoms with Crippen LogP contribution in [0.1, 0.15) is 5.56 Å². The van der Waals surface area contributed by atoms with Gasteiger partial charge in [-0.2, -0.15) is 4.98 Å². The molecule has 0 atom stereocenters. The zero-order chi connectivity index (χ0) is 22.4. The van der Waals surface area contributed by atoms with Crippen LogP contribution in [0.15, 0.2) is 74.4 Å². The maximum Gasteiger partial charge on any atom is 0.332 e. The second-order valence-electron chi connectivity index (χ2n) is 7.43. The molecule has 0 saturated heterocycles. The number of nitrogens with one attached hydrogen (secondary N) is 1. The molecular formula is C22H19N7O3. The number of H-pyrrole nitrogens is 1. The van der Waals surface area contributed by atoms with Crippen LogP contribution >= 0.6 is 0 Å². The summed E-state index contributed by atoms with van der Waals surface area (Å²) in [6, 6.07) is 16.8. The number of imidazole rings is 1. The summed E-state index contributed by atoms with van der Waals surface area (Å²) in [5.41, 5.74) is 1.41. The van der Waals surface area contributed by atoms with E-state index in [1.54, 1.807) is 11.6 Å². The Labute approximate surface area is 180 Å². The molecule has 0 aliphatic heterocycles. The summed E-state index contributed by atoms with van der Waals surface area (Å²) in [7, 11) is 2.98. The molecule has 0 unspecified atom stereocenters. The van der Waals surface area contributed by atoms with Gasteiger partial charge in [-0.05, 0) is 11.6 Å². The Hall–Kier alpha value is -4.47. The van der Waals surface area contributed by atoms with Crippen LogP contribution in [0, 0.1) is 0 Å². The molecule has 2 N–H and O–H groups in total. The number of hydrogen-bond donors (Lipinski definition) is 2. The lowest BCUT2D eigenvalue weighted by molar-refractivity contribution is 0.459. The maximum atomic E-state index is 13.0. The number of hydrogen-bond acceptors (Lipinski definition) is 6. The van der Waals surface area contributed by atoms with Crippen LogP contribution in [0.3, 0.4) is 0 Å². The van der Waals surface area contributed by atoms with E-state index in [1.165, 1.54) is 11.6 Å². The number of para-hydroxylation sites is 1. The van der Waals surface area contributed by atoms with Gasteiger partial charge in [0.25, 0.3) is 11.5 Å². The number of azo groups is 1. The quantitative estimate of drug-likeness (QED) is 0.426. The minimum atomic E-state index is -0.482. The molecule has 0 fully saturated rings. The van der Waals surface area contributed by atoms with Crippen molar-refractivity contribution in [1.29, 1.82) is 0 Å². The molecular weight excluding hydrogens is 410 g/mol. The largest absolute Gasteiger partial charge is 0.493 e. The minimum absolute atomic E-state index is 0.121. The summed E-state index contributed by atoms with van der Waals surface area (Å²) >= 11 is 0. The van der Waals surface area contributed by atoms with Crippen molar-refractivity contribution in [1.82, 2.24) is 23.7 Å². The van der Waals surface area contributed by atoms with E-state index in [1.807, 2.05) is 54.6 Å². The molecule has 0 spiro atoms. The van der Waals surface area contributed by atoms with Crippen LogP contribution in [0.5, 0.6) is 5.88 Å². The molecule has 0 bridgehead atoms. The number of benzene rings is 2. The van der Waals surface area contributed by atoms with Crippen molar-refractivity contribution >= 4 is 33.7 Å². The molecule has 0 aliphatic carbocycles. The lowest BCUT2D eigenvalue weighted by Crippen LogP contribution is -2.37. The molecule has 10 heteroatoms. The van der Waals surface area contributed by atoms with Gasteiger partial charge in [0, 0.05) is 19.5 Å². The van der Waals surface area contributed by atoms with Crippen molar-refractivity contribution < 1.29 is 5.11 Å². The molecule has 3 heterocycles. The molecule has 32 heavy (non-hydrogen) atoms. The standard InChI is InChI=1S/C22H19N7O3/c1-27-18-17(20(31)28(2)22(27)32)29(12-13-8-4-3-5-9-13)21(24-18)26-25-16-14-10-6-7-11-15(14)23-19(16)30/h3-11,23,30H,12H2,1-2H3. The van der Waals surface area contributed by atoms with Gasteiger partial charge in [0.15, 0.2) is 16.9 Å². The first kappa shape index (κ1) is 19.5. The van der Waals surface area contributed by atoms with Crippen LogP contribution in [-0.2, 0) is 20.6 Å². The highest BCUT2D eigenvalue weighted by atomic mass is 16.3. The van der Waals surface area contributed by atoms with Gasteiger partial charge in [0.05, 0.1) is 12.1 Å². The fourth-order valence-corrected chi connectivity index (χ4v) is 3.74. The van der Waals surface area contributed by atoms with E-state index < -0.39 is 11.2 Å². The molecule has 0 radical (unpaired) electrons. The Bertz CT molecular complexity index is 1620. The summed E-state index contributed by atoms with van der Waals surface area (Å²) in [5.74, 6) is 0.0239. The van der Waals surface area contributed by atoms with Crippen LogP contribution in [0.25, 0.3) is 22.1 Å². The fraction of sp³-hybridized carbons (Fsp3) is 0.136. The van der Waals surface area contributed by atoms with Gasteiger partial charge in [-0.1, -0.05) is 48.5 Å². The van der Waals surface area contributed by atoms with E-state index >= 15 is 0 Å². The molecule has 0 aliphatic rings. The third-order valence-corrected chi connectivity index (χ3v) is 5.41. The number of nitrogens with zero attached hydrogens (tertiary/aromatic N) is 6. The van der Waals surface area contributed by atoms with E-state index in [4.69, 9.17) is 0 Å². The van der Waals surface area contributed by atoms with Crippen LogP contribution in [0.4, 0.5) is 11.6 Å². The van der Waals surface area contributed by atoms with Gasteiger partial charge >= 0.3 is 5.69 Å². The summed E-state index contributed by atoms with van der Waals surface area (Å²) < 4.78 is 3.97. The number of aromatic nitrogens is 5. The average Bonchev–Trinajstić information content (AvgIpc) is 3.32. The second kappa shape index (κ2) is 7.34. The molecule has 0 saturated carbocycles. The predicted molar refractivity (Wildman–Crippen MR) is 120 cm³/mol. The lowest BCUT2D eigenvalue weighted by Gasteiger charge is -2.07. The Kier molecular flexibility index (Phi) is 4.47. The van der Waals surface area contributed by atoms with E-state index in [9.17, 15) is 14.7 Å². The Morgan fingerprint density at radius 2 is 1.69 bits per heavy atom. The molecule has 2 aromatic carbocycles. The lowest BCUT2D eigenvalue weighted by atomic mass is 10.2. The summed E-state index contributed by atoms with van der Waals surface area (Å²) in [4.78, 5) is 32.7. The van der Waals surface area contributed by atoms with Crippen molar-refractivity contribution in [2.24, 2.45) is 24.3 Å². The number of aromatic hydroxyl groups is 1. The van der Waals surface area contributed by atoms with Gasteiger partial charge in [-0.15, -0.1) is 10.2 Å². The van der Waals surface area contributed by atoms with Gasteiger partial charge in [-0.25, -0.2) is 4.79 Å². The van der Waals surface area contributed by atoms with E-state index in [-0.39, 0.29) is 28.7 Å².